The number of hydrogen-bond acceptors (Lipinski definition) is 2. The Morgan fingerprint density at radius 3 is 2.78 bits per heavy atom. The summed E-state index contributed by atoms with van der Waals surface area (Å²) >= 11 is 5.59. The van der Waals surface area contributed by atoms with Crippen molar-refractivity contribution in [2.75, 3.05) is 19.5 Å². The van der Waals surface area contributed by atoms with Gasteiger partial charge in [-0.2, -0.15) is 0 Å². The van der Waals surface area contributed by atoms with Gasteiger partial charge in [0.1, 0.15) is 5.75 Å². The number of rotatable bonds is 7. The Balaban J connectivity index is 2.52. The van der Waals surface area contributed by atoms with Crippen molar-refractivity contribution in [2.45, 2.75) is 26.2 Å². The third-order valence-electron chi connectivity index (χ3n) is 2.70. The van der Waals surface area contributed by atoms with Crippen molar-refractivity contribution < 1.29 is 9.53 Å². The molecule has 0 radical (unpaired) electrons. The minimum Gasteiger partial charge on any atom is -0.496 e. The van der Waals surface area contributed by atoms with Crippen LogP contribution in [0.1, 0.15) is 35.2 Å². The van der Waals surface area contributed by atoms with Gasteiger partial charge in [0.2, 0.25) is 0 Å². The first kappa shape index (κ1) is 14.8. The van der Waals surface area contributed by atoms with Crippen molar-refractivity contribution in [3.05, 3.63) is 29.3 Å². The Bertz CT molecular complexity index is 393. The number of unbranched alkanes of at least 4 members (excludes halogenated alkanes) is 2. The molecule has 100 valence electrons. The highest BCUT2D eigenvalue weighted by atomic mass is 35.5. The van der Waals surface area contributed by atoms with E-state index in [2.05, 4.69) is 5.32 Å². The third kappa shape index (κ3) is 4.57. The Hall–Kier alpha value is -1.22. The summed E-state index contributed by atoms with van der Waals surface area (Å²) in [4.78, 5) is 12.0. The van der Waals surface area contributed by atoms with E-state index in [9.17, 15) is 4.79 Å². The number of methoxy groups -OCH3 is 1. The molecule has 0 aliphatic carbocycles. The van der Waals surface area contributed by atoms with E-state index in [0.717, 1.165) is 24.8 Å². The van der Waals surface area contributed by atoms with Gasteiger partial charge >= 0.3 is 0 Å². The largest absolute Gasteiger partial charge is 0.496 e. The summed E-state index contributed by atoms with van der Waals surface area (Å²) in [6.45, 7) is 2.63. The number of benzene rings is 1. The van der Waals surface area contributed by atoms with Gasteiger partial charge in [-0.1, -0.05) is 18.1 Å². The van der Waals surface area contributed by atoms with Gasteiger partial charge in [-0.05, 0) is 31.9 Å². The number of alkyl halides is 1. The number of carbonyl (C=O) groups is 1. The molecule has 0 saturated heterocycles. The summed E-state index contributed by atoms with van der Waals surface area (Å²) in [6.07, 6.45) is 2.98. The fourth-order valence-electron chi connectivity index (χ4n) is 1.69. The van der Waals surface area contributed by atoms with Gasteiger partial charge in [-0.3, -0.25) is 4.79 Å². The summed E-state index contributed by atoms with van der Waals surface area (Å²) in [5.41, 5.74) is 1.64. The molecule has 0 unspecified atom stereocenters. The molecule has 0 atom stereocenters. The lowest BCUT2D eigenvalue weighted by atomic mass is 10.1. The van der Waals surface area contributed by atoms with Crippen LogP contribution in [0.2, 0.25) is 0 Å². The van der Waals surface area contributed by atoms with Gasteiger partial charge in [0.25, 0.3) is 5.91 Å². The van der Waals surface area contributed by atoms with Crippen LogP contribution in [0, 0.1) is 6.92 Å². The lowest BCUT2D eigenvalue weighted by Gasteiger charge is -2.10. The van der Waals surface area contributed by atoms with E-state index in [0.29, 0.717) is 23.7 Å². The molecule has 1 aromatic rings. The first-order valence-electron chi connectivity index (χ1n) is 6.18. The highest BCUT2D eigenvalue weighted by molar-refractivity contribution is 6.17. The van der Waals surface area contributed by atoms with E-state index >= 15 is 0 Å². The van der Waals surface area contributed by atoms with Gasteiger partial charge < -0.3 is 10.1 Å². The average molecular weight is 270 g/mol. The maximum atomic E-state index is 12.0. The van der Waals surface area contributed by atoms with E-state index in [4.69, 9.17) is 16.3 Å². The van der Waals surface area contributed by atoms with Crippen molar-refractivity contribution in [2.24, 2.45) is 0 Å². The quantitative estimate of drug-likeness (QED) is 0.610. The topological polar surface area (TPSA) is 38.3 Å². The van der Waals surface area contributed by atoms with Crippen LogP contribution in [0.25, 0.3) is 0 Å². The molecule has 0 bridgehead atoms. The fourth-order valence-corrected chi connectivity index (χ4v) is 1.88. The number of hydrogen-bond donors (Lipinski definition) is 1. The molecule has 0 aromatic heterocycles. The standard InChI is InChI=1S/C14H20ClNO2/c1-11-6-7-13(18-2)12(10-11)14(17)16-9-5-3-4-8-15/h6-7,10H,3-5,8-9H2,1-2H3,(H,16,17). The molecule has 3 nitrogen and oxygen atoms in total. The first-order chi connectivity index (χ1) is 8.69. The number of aryl methyl sites for hydroxylation is 1. The van der Waals surface area contributed by atoms with Crippen molar-refractivity contribution >= 4 is 17.5 Å². The first-order valence-corrected chi connectivity index (χ1v) is 6.71. The van der Waals surface area contributed by atoms with Crippen LogP contribution in [0.5, 0.6) is 5.75 Å². The second kappa shape index (κ2) is 7.98. The number of halogens is 1. The van der Waals surface area contributed by atoms with Crippen LogP contribution in [0.4, 0.5) is 0 Å². The van der Waals surface area contributed by atoms with E-state index < -0.39 is 0 Å². The molecule has 1 aromatic carbocycles. The molecule has 0 fully saturated rings. The van der Waals surface area contributed by atoms with E-state index in [-0.39, 0.29) is 5.91 Å². The smallest absolute Gasteiger partial charge is 0.255 e. The average Bonchev–Trinajstić information content (AvgIpc) is 2.38. The Kier molecular flexibility index (Phi) is 6.58. The van der Waals surface area contributed by atoms with Gasteiger partial charge in [0.15, 0.2) is 0 Å². The van der Waals surface area contributed by atoms with Crippen LogP contribution in [0.3, 0.4) is 0 Å². The number of ether oxygens (including phenoxy) is 1. The summed E-state index contributed by atoms with van der Waals surface area (Å²) in [5, 5.41) is 2.90. The molecule has 1 amide bonds. The Morgan fingerprint density at radius 1 is 1.33 bits per heavy atom. The van der Waals surface area contributed by atoms with Crippen molar-refractivity contribution in [1.82, 2.24) is 5.32 Å². The number of carbonyl (C=O) groups excluding carboxylic acids is 1. The second-order valence-corrected chi connectivity index (χ2v) is 4.59. The summed E-state index contributed by atoms with van der Waals surface area (Å²) in [6, 6.07) is 5.58. The molecule has 0 saturated carbocycles. The lowest BCUT2D eigenvalue weighted by Crippen LogP contribution is -2.25. The van der Waals surface area contributed by atoms with Gasteiger partial charge in [-0.15, -0.1) is 11.6 Å². The van der Waals surface area contributed by atoms with Crippen molar-refractivity contribution in [3.8, 4) is 5.75 Å². The zero-order valence-electron chi connectivity index (χ0n) is 11.0. The molecule has 0 heterocycles. The minimum atomic E-state index is -0.0820. The molecule has 4 heteroatoms. The molecule has 1 N–H and O–H groups in total. The van der Waals surface area contributed by atoms with E-state index in [1.165, 1.54) is 0 Å². The van der Waals surface area contributed by atoms with Crippen LogP contribution in [-0.2, 0) is 0 Å². The van der Waals surface area contributed by atoms with E-state index in [1.807, 2.05) is 25.1 Å². The number of nitrogens with one attached hydrogen (secondary N) is 1. The SMILES string of the molecule is COc1ccc(C)cc1C(=O)NCCCCCCl. The molecule has 0 spiro atoms. The monoisotopic (exact) mass is 269 g/mol. The maximum absolute atomic E-state index is 12.0. The molecule has 0 aliphatic heterocycles. The Morgan fingerprint density at radius 2 is 2.11 bits per heavy atom. The summed E-state index contributed by atoms with van der Waals surface area (Å²) in [7, 11) is 1.57. The Labute approximate surface area is 113 Å². The van der Waals surface area contributed by atoms with Crippen LogP contribution in [0.15, 0.2) is 18.2 Å². The predicted molar refractivity (Wildman–Crippen MR) is 74.6 cm³/mol. The lowest BCUT2D eigenvalue weighted by molar-refractivity contribution is 0.0950. The van der Waals surface area contributed by atoms with Crippen LogP contribution >= 0.6 is 11.6 Å². The van der Waals surface area contributed by atoms with Gasteiger partial charge in [0.05, 0.1) is 12.7 Å². The third-order valence-corrected chi connectivity index (χ3v) is 2.96. The fraction of sp³-hybridized carbons (Fsp3) is 0.500. The predicted octanol–water partition coefficient (Wildman–Crippen LogP) is 3.14. The summed E-state index contributed by atoms with van der Waals surface area (Å²) in [5.74, 6) is 1.21. The van der Waals surface area contributed by atoms with Crippen molar-refractivity contribution in [3.63, 3.8) is 0 Å². The highest BCUT2D eigenvalue weighted by Gasteiger charge is 2.11. The van der Waals surface area contributed by atoms with Gasteiger partial charge in [0, 0.05) is 12.4 Å². The molecule has 1 rings (SSSR count). The minimum absolute atomic E-state index is 0.0820. The highest BCUT2D eigenvalue weighted by Crippen LogP contribution is 2.19. The van der Waals surface area contributed by atoms with Crippen molar-refractivity contribution in [1.29, 1.82) is 0 Å². The second-order valence-electron chi connectivity index (χ2n) is 4.21. The zero-order valence-corrected chi connectivity index (χ0v) is 11.7. The van der Waals surface area contributed by atoms with E-state index in [1.54, 1.807) is 7.11 Å². The number of amides is 1. The van der Waals surface area contributed by atoms with Crippen LogP contribution < -0.4 is 10.1 Å². The molecule has 18 heavy (non-hydrogen) atoms. The zero-order chi connectivity index (χ0) is 13.4. The molecular formula is C14H20ClNO2. The van der Waals surface area contributed by atoms with Gasteiger partial charge in [-0.25, -0.2) is 0 Å². The van der Waals surface area contributed by atoms with Crippen LogP contribution in [-0.4, -0.2) is 25.4 Å². The normalized spacial score (nSPS) is 10.2. The maximum Gasteiger partial charge on any atom is 0.255 e. The molecule has 0 aliphatic rings. The molecular weight excluding hydrogens is 250 g/mol. The summed E-state index contributed by atoms with van der Waals surface area (Å²) < 4.78 is 5.19.